The van der Waals surface area contributed by atoms with Gasteiger partial charge in [-0.1, -0.05) is 13.8 Å². The minimum atomic E-state index is -4.60. The maximum absolute atomic E-state index is 13.3. The number of hydrogen-bond acceptors (Lipinski definition) is 6. The SMILES string of the molecule is CCCn1c(=O)c2[nH]c(-c3ccc(N(CC4CC4)C(=O)c4ccc(C(F)(F)F)nc4)nc3)nc2n(CCC)c1=O. The normalized spacial score (nSPS) is 13.6. The van der Waals surface area contributed by atoms with Gasteiger partial charge in [-0.05, 0) is 55.9 Å². The molecule has 13 heteroatoms. The average Bonchev–Trinajstić information content (AvgIpc) is 3.66. The number of aromatic nitrogens is 6. The molecule has 210 valence electrons. The van der Waals surface area contributed by atoms with Crippen LogP contribution in [0.5, 0.6) is 0 Å². The summed E-state index contributed by atoms with van der Waals surface area (Å²) in [5, 5.41) is 0. The van der Waals surface area contributed by atoms with Crippen molar-refractivity contribution < 1.29 is 18.0 Å². The van der Waals surface area contributed by atoms with Crippen molar-refractivity contribution in [2.75, 3.05) is 11.4 Å². The van der Waals surface area contributed by atoms with Gasteiger partial charge >= 0.3 is 11.9 Å². The molecular weight excluding hydrogens is 527 g/mol. The molecule has 1 aliphatic rings. The number of carbonyl (C=O) groups excluding carboxylic acids is 1. The van der Waals surface area contributed by atoms with Gasteiger partial charge in [0.05, 0.1) is 5.56 Å². The molecule has 1 saturated carbocycles. The second kappa shape index (κ2) is 10.7. The second-order valence-electron chi connectivity index (χ2n) is 9.87. The van der Waals surface area contributed by atoms with E-state index in [-0.39, 0.29) is 22.6 Å². The topological polar surface area (TPSA) is 119 Å². The van der Waals surface area contributed by atoms with E-state index in [1.165, 1.54) is 20.2 Å². The van der Waals surface area contributed by atoms with Crippen LogP contribution in [-0.2, 0) is 19.3 Å². The highest BCUT2D eigenvalue weighted by molar-refractivity contribution is 6.05. The van der Waals surface area contributed by atoms with Crippen LogP contribution in [0.15, 0.2) is 46.2 Å². The number of H-pyrrole nitrogens is 1. The van der Waals surface area contributed by atoms with E-state index < -0.39 is 29.0 Å². The number of carbonyl (C=O) groups is 1. The number of aromatic amines is 1. The number of nitrogens with one attached hydrogen (secondary N) is 1. The summed E-state index contributed by atoms with van der Waals surface area (Å²) in [5.74, 6) is 0.447. The molecule has 40 heavy (non-hydrogen) atoms. The Balaban J connectivity index is 1.48. The number of alkyl halides is 3. The molecule has 4 aromatic heterocycles. The lowest BCUT2D eigenvalue weighted by molar-refractivity contribution is -0.141. The number of amides is 1. The number of halogens is 3. The van der Waals surface area contributed by atoms with E-state index in [9.17, 15) is 27.6 Å². The molecule has 0 aliphatic heterocycles. The summed E-state index contributed by atoms with van der Waals surface area (Å²) in [7, 11) is 0. The van der Waals surface area contributed by atoms with Crippen LogP contribution in [0.1, 0.15) is 55.6 Å². The first-order chi connectivity index (χ1) is 19.1. The van der Waals surface area contributed by atoms with Crippen LogP contribution in [0.4, 0.5) is 19.0 Å². The first-order valence-electron chi connectivity index (χ1n) is 13.2. The fourth-order valence-corrected chi connectivity index (χ4v) is 4.52. The third-order valence-corrected chi connectivity index (χ3v) is 6.74. The first-order valence-corrected chi connectivity index (χ1v) is 13.2. The predicted molar refractivity (Wildman–Crippen MR) is 142 cm³/mol. The van der Waals surface area contributed by atoms with Crippen molar-refractivity contribution in [3.63, 3.8) is 0 Å². The Morgan fingerprint density at radius 3 is 2.33 bits per heavy atom. The van der Waals surface area contributed by atoms with Crippen molar-refractivity contribution in [1.82, 2.24) is 29.1 Å². The molecule has 5 rings (SSSR count). The van der Waals surface area contributed by atoms with E-state index >= 15 is 0 Å². The standard InChI is InChI=1S/C27H28F3N7O3/c1-3-11-35-23-21(25(39)36(12-4-2)26(35)40)33-22(34-23)17-8-10-20(32-13-17)37(15-16-5-6-16)24(38)18-7-9-19(31-14-18)27(28,29)30/h7-10,13-14,16H,3-6,11-12,15H2,1-2H3,(H,33,34). The summed E-state index contributed by atoms with van der Waals surface area (Å²) in [6, 6.07) is 5.20. The number of fused-ring (bicyclic) bond motifs is 1. The zero-order valence-corrected chi connectivity index (χ0v) is 22.0. The van der Waals surface area contributed by atoms with E-state index in [1.54, 1.807) is 12.1 Å². The highest BCUT2D eigenvalue weighted by Crippen LogP contribution is 2.32. The zero-order chi connectivity index (χ0) is 28.6. The lowest BCUT2D eigenvalue weighted by Gasteiger charge is -2.22. The summed E-state index contributed by atoms with van der Waals surface area (Å²) in [4.78, 5) is 56.1. The molecule has 10 nitrogen and oxygen atoms in total. The van der Waals surface area contributed by atoms with Crippen molar-refractivity contribution in [2.45, 2.75) is 58.8 Å². The molecule has 1 aliphatic carbocycles. The van der Waals surface area contributed by atoms with E-state index in [1.807, 2.05) is 13.8 Å². The molecule has 0 radical (unpaired) electrons. The van der Waals surface area contributed by atoms with E-state index in [4.69, 9.17) is 0 Å². The smallest absolute Gasteiger partial charge is 0.332 e. The molecule has 1 amide bonds. The van der Waals surface area contributed by atoms with Crippen molar-refractivity contribution in [3.8, 4) is 11.4 Å². The van der Waals surface area contributed by atoms with Gasteiger partial charge in [-0.3, -0.25) is 28.6 Å². The van der Waals surface area contributed by atoms with E-state index in [0.717, 1.165) is 31.2 Å². The summed E-state index contributed by atoms with van der Waals surface area (Å²) >= 11 is 0. The van der Waals surface area contributed by atoms with E-state index in [0.29, 0.717) is 49.7 Å². The fraction of sp³-hybridized carbons (Fsp3) is 0.407. The minimum Gasteiger partial charge on any atom is -0.332 e. The second-order valence-corrected chi connectivity index (χ2v) is 9.87. The van der Waals surface area contributed by atoms with Crippen molar-refractivity contribution in [1.29, 1.82) is 0 Å². The monoisotopic (exact) mass is 555 g/mol. The van der Waals surface area contributed by atoms with Gasteiger partial charge < -0.3 is 4.98 Å². The van der Waals surface area contributed by atoms with Gasteiger partial charge in [-0.15, -0.1) is 0 Å². The third-order valence-electron chi connectivity index (χ3n) is 6.74. The molecule has 0 aromatic carbocycles. The summed E-state index contributed by atoms with van der Waals surface area (Å²) in [5.41, 5.74) is -0.869. The maximum atomic E-state index is 13.3. The molecule has 4 aromatic rings. The van der Waals surface area contributed by atoms with Crippen LogP contribution >= 0.6 is 0 Å². The molecule has 0 bridgehead atoms. The van der Waals surface area contributed by atoms with Crippen molar-refractivity contribution in [3.05, 3.63) is 68.8 Å². The van der Waals surface area contributed by atoms with Gasteiger partial charge in [0, 0.05) is 37.6 Å². The number of nitrogens with zero attached hydrogens (tertiary/aromatic N) is 6. The summed E-state index contributed by atoms with van der Waals surface area (Å²) < 4.78 is 41.4. The lowest BCUT2D eigenvalue weighted by Crippen LogP contribution is -2.40. The molecule has 0 unspecified atom stereocenters. The zero-order valence-electron chi connectivity index (χ0n) is 22.0. The number of hydrogen-bond donors (Lipinski definition) is 1. The Morgan fingerprint density at radius 2 is 1.75 bits per heavy atom. The molecule has 0 saturated heterocycles. The summed E-state index contributed by atoms with van der Waals surface area (Å²) in [6.07, 6.45) is 1.02. The maximum Gasteiger partial charge on any atom is 0.433 e. The number of anilines is 1. The van der Waals surface area contributed by atoms with Crippen LogP contribution in [0, 0.1) is 5.92 Å². The quantitative estimate of drug-likeness (QED) is 0.330. The Bertz CT molecular complexity index is 1650. The lowest BCUT2D eigenvalue weighted by atomic mass is 10.2. The van der Waals surface area contributed by atoms with Gasteiger partial charge in [0.25, 0.3) is 11.5 Å². The van der Waals surface area contributed by atoms with E-state index in [2.05, 4.69) is 19.9 Å². The van der Waals surface area contributed by atoms with Gasteiger partial charge in [0.2, 0.25) is 0 Å². The first kappa shape index (κ1) is 27.3. The number of rotatable bonds is 9. The Morgan fingerprint density at radius 1 is 1.02 bits per heavy atom. The van der Waals surface area contributed by atoms with Crippen molar-refractivity contribution in [2.24, 2.45) is 5.92 Å². The van der Waals surface area contributed by atoms with Crippen LogP contribution in [0.25, 0.3) is 22.6 Å². The summed E-state index contributed by atoms with van der Waals surface area (Å²) in [6.45, 7) is 4.88. The molecule has 0 atom stereocenters. The van der Waals surface area contributed by atoms with Crippen LogP contribution in [-0.4, -0.2) is 41.5 Å². The number of imidazole rings is 1. The van der Waals surface area contributed by atoms with Gasteiger partial charge in [0.1, 0.15) is 22.9 Å². The molecule has 4 heterocycles. The van der Waals surface area contributed by atoms with Crippen LogP contribution < -0.4 is 16.1 Å². The molecule has 1 fully saturated rings. The van der Waals surface area contributed by atoms with Crippen LogP contribution in [0.2, 0.25) is 0 Å². The number of aryl methyl sites for hydroxylation is 1. The Labute approximate surface area is 226 Å². The highest BCUT2D eigenvalue weighted by atomic mass is 19.4. The molecule has 1 N–H and O–H groups in total. The Kier molecular flexibility index (Phi) is 7.30. The third kappa shape index (κ3) is 5.27. The van der Waals surface area contributed by atoms with Gasteiger partial charge in [-0.25, -0.2) is 14.8 Å². The van der Waals surface area contributed by atoms with Crippen molar-refractivity contribution >= 4 is 22.9 Å². The highest BCUT2D eigenvalue weighted by Gasteiger charge is 2.33. The predicted octanol–water partition coefficient (Wildman–Crippen LogP) is 4.24. The Hall–Kier alpha value is -4.29. The average molecular weight is 556 g/mol. The number of pyridine rings is 2. The molecule has 0 spiro atoms. The fourth-order valence-electron chi connectivity index (χ4n) is 4.52. The van der Waals surface area contributed by atoms with Gasteiger partial charge in [0.15, 0.2) is 5.65 Å². The molecular formula is C27H28F3N7O3. The van der Waals surface area contributed by atoms with Crippen LogP contribution in [0.3, 0.4) is 0 Å². The van der Waals surface area contributed by atoms with Gasteiger partial charge in [-0.2, -0.15) is 13.2 Å². The largest absolute Gasteiger partial charge is 0.433 e. The minimum absolute atomic E-state index is 0.0223.